The van der Waals surface area contributed by atoms with Crippen LogP contribution < -0.4 is 0 Å². The molecule has 0 nitrogen and oxygen atoms in total. The monoisotopic (exact) mass is 741 g/mol. The van der Waals surface area contributed by atoms with Crippen LogP contribution in [0.25, 0.3) is 0 Å². The number of hydrogen-bond acceptors (Lipinski definition) is 0. The van der Waals surface area contributed by atoms with Crippen molar-refractivity contribution < 1.29 is 0 Å². The summed E-state index contributed by atoms with van der Waals surface area (Å²) < 4.78 is 0. The van der Waals surface area contributed by atoms with Crippen molar-refractivity contribution in [3.05, 3.63) is 84.0 Å². The van der Waals surface area contributed by atoms with Crippen molar-refractivity contribution in [1.29, 1.82) is 0 Å². The molecule has 0 amide bonds. The molecule has 0 saturated heterocycles. The minimum Gasteiger partial charge on any atom is -0.103 e. The number of allylic oxidation sites excluding steroid dienone is 6. The summed E-state index contributed by atoms with van der Waals surface area (Å²) in [5.74, 6) is 9.31. The van der Waals surface area contributed by atoms with Crippen LogP contribution in [0.4, 0.5) is 0 Å². The summed E-state index contributed by atoms with van der Waals surface area (Å²) in [4.78, 5) is 0. The first-order chi connectivity index (χ1) is 25.8. The molecular formula is C54H92. The second kappa shape index (κ2) is 25.4. The second-order valence-corrected chi connectivity index (χ2v) is 19.0. The molecule has 1 aromatic rings. The molecule has 1 saturated carbocycles. The van der Waals surface area contributed by atoms with Gasteiger partial charge in [-0.2, -0.15) is 0 Å². The average Bonchev–Trinajstić information content (AvgIpc) is 3.19. The Morgan fingerprint density at radius 2 is 1.30 bits per heavy atom. The van der Waals surface area contributed by atoms with Gasteiger partial charge in [0.25, 0.3) is 0 Å². The molecule has 54 heavy (non-hydrogen) atoms. The maximum Gasteiger partial charge on any atom is -0.00188 e. The van der Waals surface area contributed by atoms with Crippen molar-refractivity contribution in [2.24, 2.45) is 76.9 Å². The first kappa shape index (κ1) is 48.3. The molecule has 2 rings (SSSR count). The third-order valence-corrected chi connectivity index (χ3v) is 15.8. The highest BCUT2D eigenvalue weighted by Crippen LogP contribution is 2.53. The lowest BCUT2D eigenvalue weighted by atomic mass is 9.53. The number of unbranched alkanes of at least 4 members (excludes halogenated alkanes) is 1. The molecule has 0 aliphatic heterocycles. The van der Waals surface area contributed by atoms with Crippen LogP contribution in [-0.4, -0.2) is 0 Å². The van der Waals surface area contributed by atoms with Crippen molar-refractivity contribution in [1.82, 2.24) is 0 Å². The summed E-state index contributed by atoms with van der Waals surface area (Å²) >= 11 is 0. The first-order valence-electron chi connectivity index (χ1n) is 23.5. The molecule has 0 heteroatoms. The van der Waals surface area contributed by atoms with Gasteiger partial charge >= 0.3 is 0 Å². The summed E-state index contributed by atoms with van der Waals surface area (Å²) in [7, 11) is 0. The molecule has 1 aliphatic carbocycles. The van der Waals surface area contributed by atoms with E-state index in [0.717, 1.165) is 41.9 Å². The zero-order valence-electron chi connectivity index (χ0n) is 38.4. The van der Waals surface area contributed by atoms with Gasteiger partial charge < -0.3 is 0 Å². The van der Waals surface area contributed by atoms with Crippen molar-refractivity contribution in [2.75, 3.05) is 0 Å². The number of hydrogen-bond donors (Lipinski definition) is 0. The zero-order chi connectivity index (χ0) is 40.4. The molecule has 1 aliphatic rings. The smallest absolute Gasteiger partial charge is 0.00188 e. The second-order valence-electron chi connectivity index (χ2n) is 19.0. The summed E-state index contributed by atoms with van der Waals surface area (Å²) in [6, 6.07) is 11.4. The highest BCUT2D eigenvalue weighted by atomic mass is 14.5. The Labute approximate surface area is 339 Å². The quantitative estimate of drug-likeness (QED) is 0.0751. The summed E-state index contributed by atoms with van der Waals surface area (Å²) in [6.45, 7) is 40.7. The van der Waals surface area contributed by atoms with Gasteiger partial charge in [-0.05, 0) is 161 Å². The van der Waals surface area contributed by atoms with E-state index < -0.39 is 0 Å². The topological polar surface area (TPSA) is 0 Å². The minimum absolute atomic E-state index is 0.463. The Kier molecular flexibility index (Phi) is 22.8. The minimum atomic E-state index is 0.463. The normalized spacial score (nSPS) is 24.6. The Balaban J connectivity index is 2.51. The molecular weight excluding hydrogens is 649 g/mol. The van der Waals surface area contributed by atoms with E-state index >= 15 is 0 Å². The van der Waals surface area contributed by atoms with Gasteiger partial charge in [0.1, 0.15) is 0 Å². The van der Waals surface area contributed by atoms with E-state index in [2.05, 4.69) is 152 Å². The molecule has 0 radical (unpaired) electrons. The lowest BCUT2D eigenvalue weighted by molar-refractivity contribution is -0.0323. The highest BCUT2D eigenvalue weighted by Gasteiger charge is 2.45. The van der Waals surface area contributed by atoms with Crippen LogP contribution in [0.15, 0.2) is 78.4 Å². The van der Waals surface area contributed by atoms with Gasteiger partial charge in [0.05, 0.1) is 0 Å². The Hall–Kier alpha value is -1.82. The molecule has 0 spiro atoms. The van der Waals surface area contributed by atoms with Gasteiger partial charge in [-0.15, -0.1) is 13.2 Å². The van der Waals surface area contributed by atoms with E-state index in [-0.39, 0.29) is 0 Å². The van der Waals surface area contributed by atoms with E-state index in [4.69, 9.17) is 0 Å². The fraction of sp³-hybridized carbons (Fsp3) is 0.741. The Morgan fingerprint density at radius 1 is 0.704 bits per heavy atom. The van der Waals surface area contributed by atoms with Gasteiger partial charge in [0.15, 0.2) is 0 Å². The van der Waals surface area contributed by atoms with Crippen LogP contribution in [0, 0.1) is 76.9 Å². The standard InChI is InChI=1S/C54H92/c1-16-22-29-52-44(13)45(14)54(52)37-53(39(8)19-4)40(9)30-35-51(43(12)42(11)41(10)38(7)18-3)46(15)50(36-49-27-24-23-25-28-49)34-33-48(21-6)32-31-47(20-5)26-17-2/h20-21,23-25,27-28,35,38-40,43-48,50,52-54H,5-6,16-19,22,26,29-34,36-37H2,1-4,7-15H3. The van der Waals surface area contributed by atoms with Crippen molar-refractivity contribution in [3.63, 3.8) is 0 Å². The Bertz CT molecular complexity index is 1230. The van der Waals surface area contributed by atoms with Gasteiger partial charge in [0.2, 0.25) is 0 Å². The van der Waals surface area contributed by atoms with Crippen molar-refractivity contribution in [2.45, 2.75) is 180 Å². The fourth-order valence-corrected chi connectivity index (χ4v) is 10.6. The molecule has 0 N–H and O–H groups in total. The third-order valence-electron chi connectivity index (χ3n) is 15.8. The van der Waals surface area contributed by atoms with Crippen LogP contribution >= 0.6 is 0 Å². The third kappa shape index (κ3) is 14.3. The van der Waals surface area contributed by atoms with Crippen LogP contribution in [-0.2, 0) is 6.42 Å². The maximum atomic E-state index is 4.35. The first-order valence-corrected chi connectivity index (χ1v) is 23.5. The van der Waals surface area contributed by atoms with E-state index in [1.165, 1.54) is 89.0 Å². The number of benzene rings is 1. The van der Waals surface area contributed by atoms with Gasteiger partial charge in [-0.3, -0.25) is 0 Å². The lowest BCUT2D eigenvalue weighted by Gasteiger charge is -2.52. The summed E-state index contributed by atoms with van der Waals surface area (Å²) in [5.41, 5.74) is 6.41. The molecule has 308 valence electrons. The zero-order valence-corrected chi connectivity index (χ0v) is 38.4. The lowest BCUT2D eigenvalue weighted by Crippen LogP contribution is -2.45. The van der Waals surface area contributed by atoms with Crippen LogP contribution in [0.2, 0.25) is 0 Å². The molecule has 1 fully saturated rings. The highest BCUT2D eigenvalue weighted by molar-refractivity contribution is 5.27. The molecule has 13 atom stereocenters. The van der Waals surface area contributed by atoms with E-state index in [9.17, 15) is 0 Å². The van der Waals surface area contributed by atoms with E-state index in [0.29, 0.717) is 41.4 Å². The van der Waals surface area contributed by atoms with Crippen LogP contribution in [0.1, 0.15) is 179 Å². The van der Waals surface area contributed by atoms with Crippen molar-refractivity contribution >= 4 is 0 Å². The molecule has 13 unspecified atom stereocenters. The summed E-state index contributed by atoms with van der Waals surface area (Å²) in [5, 5.41) is 0. The Morgan fingerprint density at radius 3 is 1.85 bits per heavy atom. The molecule has 1 aromatic carbocycles. The van der Waals surface area contributed by atoms with Gasteiger partial charge in [-0.25, -0.2) is 0 Å². The number of rotatable bonds is 28. The largest absolute Gasteiger partial charge is 0.103 e. The maximum absolute atomic E-state index is 4.35. The predicted molar refractivity (Wildman–Crippen MR) is 245 cm³/mol. The van der Waals surface area contributed by atoms with Crippen molar-refractivity contribution in [3.8, 4) is 0 Å². The average molecular weight is 741 g/mol. The van der Waals surface area contributed by atoms with E-state index in [1.807, 2.05) is 0 Å². The fourth-order valence-electron chi connectivity index (χ4n) is 10.6. The van der Waals surface area contributed by atoms with E-state index in [1.54, 1.807) is 16.7 Å². The summed E-state index contributed by atoms with van der Waals surface area (Å²) in [6.07, 6.45) is 25.2. The molecule has 0 bridgehead atoms. The van der Waals surface area contributed by atoms with Crippen LogP contribution in [0.5, 0.6) is 0 Å². The predicted octanol–water partition coefficient (Wildman–Crippen LogP) is 17.2. The van der Waals surface area contributed by atoms with Crippen LogP contribution in [0.3, 0.4) is 0 Å². The SMILES string of the molecule is C=CC(CCC)CCC(C=C)CCC(Cc1ccccc1)C(C)C(=CCC(C)C(CC1C(C)C(C)C1CCCC)C(C)CC)C(C)C(C)=C(C)C(C)CC. The van der Waals surface area contributed by atoms with Gasteiger partial charge in [0, 0.05) is 0 Å². The molecule has 0 aromatic heterocycles. The molecule has 0 heterocycles. The van der Waals surface area contributed by atoms with Gasteiger partial charge in [-0.1, -0.05) is 167 Å².